The summed E-state index contributed by atoms with van der Waals surface area (Å²) in [6.07, 6.45) is 4.92. The fourth-order valence-electron chi connectivity index (χ4n) is 4.68. The summed E-state index contributed by atoms with van der Waals surface area (Å²) in [4.78, 5) is 14.0. The zero-order valence-corrected chi connectivity index (χ0v) is 20.3. The molecule has 2 aliphatic heterocycles. The maximum Gasteiger partial charge on any atom is 0.495 e. The molecule has 1 aromatic rings. The van der Waals surface area contributed by atoms with E-state index in [1.165, 1.54) is 29.4 Å². The number of carbonyl (C=O) groups excluding carboxylic acids is 1. The minimum absolute atomic E-state index is 0.0864. The lowest BCUT2D eigenvalue weighted by Crippen LogP contribution is -2.41. The van der Waals surface area contributed by atoms with Gasteiger partial charge in [-0.05, 0) is 95.9 Å². The van der Waals surface area contributed by atoms with Crippen LogP contribution in [0.3, 0.4) is 0 Å². The Kier molecular flexibility index (Phi) is 7.88. The van der Waals surface area contributed by atoms with Gasteiger partial charge in [-0.25, -0.2) is 0 Å². The summed E-state index contributed by atoms with van der Waals surface area (Å²) in [5.74, 6) is 0.592. The standard InChI is InChI=1S/C25H40BNO4/c1-7-21-20(10-9-11-22(21)26-30-24(3,4)25(5,6)31-26)18-19-12-15-27(16-13-19)17-14-23(28)29-8-2/h9-11,19H,7-8,12-18H2,1-6H3. The molecule has 0 aliphatic carbocycles. The SMILES string of the molecule is CCOC(=O)CCN1CCC(Cc2cccc(B3OC(C)(C)C(C)(C)O3)c2CC)CC1. The maximum atomic E-state index is 11.6. The summed E-state index contributed by atoms with van der Waals surface area (Å²) in [5, 5.41) is 0. The molecule has 172 valence electrons. The summed E-state index contributed by atoms with van der Waals surface area (Å²) < 4.78 is 17.7. The first kappa shape index (κ1) is 24.3. The van der Waals surface area contributed by atoms with Crippen LogP contribution in [0.2, 0.25) is 0 Å². The number of benzene rings is 1. The highest BCUT2D eigenvalue weighted by Gasteiger charge is 2.52. The van der Waals surface area contributed by atoms with Gasteiger partial charge in [0.2, 0.25) is 0 Å². The lowest BCUT2D eigenvalue weighted by atomic mass is 9.73. The summed E-state index contributed by atoms with van der Waals surface area (Å²) in [5.41, 5.74) is 3.35. The molecule has 0 saturated carbocycles. The Morgan fingerprint density at radius 1 is 1.13 bits per heavy atom. The van der Waals surface area contributed by atoms with Crippen LogP contribution < -0.4 is 5.46 Å². The average molecular weight is 429 g/mol. The molecule has 0 aromatic heterocycles. The van der Waals surface area contributed by atoms with E-state index in [1.807, 2.05) is 6.92 Å². The lowest BCUT2D eigenvalue weighted by Gasteiger charge is -2.32. The van der Waals surface area contributed by atoms with E-state index in [0.717, 1.165) is 32.5 Å². The highest BCUT2D eigenvalue weighted by atomic mass is 16.7. The van der Waals surface area contributed by atoms with Gasteiger partial charge in [0.1, 0.15) is 0 Å². The van der Waals surface area contributed by atoms with Gasteiger partial charge in [-0.3, -0.25) is 4.79 Å². The molecule has 6 heteroatoms. The monoisotopic (exact) mass is 429 g/mol. The summed E-state index contributed by atoms with van der Waals surface area (Å²) in [6.45, 7) is 15.9. The van der Waals surface area contributed by atoms with Crippen molar-refractivity contribution in [2.45, 2.75) is 84.8 Å². The van der Waals surface area contributed by atoms with Gasteiger partial charge < -0.3 is 18.9 Å². The molecule has 0 atom stereocenters. The normalized spacial score (nSPS) is 21.4. The smallest absolute Gasteiger partial charge is 0.466 e. The highest BCUT2D eigenvalue weighted by Crippen LogP contribution is 2.37. The molecule has 3 rings (SSSR count). The molecule has 5 nitrogen and oxygen atoms in total. The van der Waals surface area contributed by atoms with Crippen molar-refractivity contribution in [3.05, 3.63) is 29.3 Å². The molecule has 0 radical (unpaired) electrons. The van der Waals surface area contributed by atoms with Gasteiger partial charge >= 0.3 is 13.1 Å². The number of carbonyl (C=O) groups is 1. The van der Waals surface area contributed by atoms with Gasteiger partial charge in [0.15, 0.2) is 0 Å². The van der Waals surface area contributed by atoms with Crippen molar-refractivity contribution < 1.29 is 18.8 Å². The third kappa shape index (κ3) is 5.71. The van der Waals surface area contributed by atoms with Crippen LogP contribution in [0.1, 0.15) is 71.9 Å². The van der Waals surface area contributed by atoms with Crippen LogP contribution in [-0.2, 0) is 31.7 Å². The molecule has 0 unspecified atom stereocenters. The Morgan fingerprint density at radius 2 is 1.77 bits per heavy atom. The molecule has 0 amide bonds. The molecule has 0 N–H and O–H groups in total. The van der Waals surface area contributed by atoms with E-state index in [-0.39, 0.29) is 24.3 Å². The summed E-state index contributed by atoms with van der Waals surface area (Å²) in [7, 11) is -0.301. The molecule has 2 heterocycles. The lowest BCUT2D eigenvalue weighted by molar-refractivity contribution is -0.143. The fraction of sp³-hybridized carbons (Fsp3) is 0.720. The number of rotatable bonds is 8. The fourth-order valence-corrected chi connectivity index (χ4v) is 4.68. The van der Waals surface area contributed by atoms with E-state index < -0.39 is 0 Å². The van der Waals surface area contributed by atoms with Crippen molar-refractivity contribution in [3.63, 3.8) is 0 Å². The van der Waals surface area contributed by atoms with Crippen molar-refractivity contribution in [3.8, 4) is 0 Å². The Morgan fingerprint density at radius 3 is 2.35 bits per heavy atom. The third-order valence-electron chi connectivity index (χ3n) is 7.32. The first-order valence-electron chi connectivity index (χ1n) is 12.0. The molecule has 2 saturated heterocycles. The van der Waals surface area contributed by atoms with E-state index in [0.29, 0.717) is 18.9 Å². The number of hydrogen-bond donors (Lipinski definition) is 0. The van der Waals surface area contributed by atoms with E-state index in [1.54, 1.807) is 0 Å². The topological polar surface area (TPSA) is 48.0 Å². The summed E-state index contributed by atoms with van der Waals surface area (Å²) >= 11 is 0. The zero-order valence-electron chi connectivity index (χ0n) is 20.3. The van der Waals surface area contributed by atoms with Crippen LogP contribution in [0.4, 0.5) is 0 Å². The van der Waals surface area contributed by atoms with Crippen molar-refractivity contribution in [2.75, 3.05) is 26.2 Å². The minimum Gasteiger partial charge on any atom is -0.466 e. The molecular weight excluding hydrogens is 389 g/mol. The van der Waals surface area contributed by atoms with E-state index in [2.05, 4.69) is 57.7 Å². The number of piperidine rings is 1. The third-order valence-corrected chi connectivity index (χ3v) is 7.32. The minimum atomic E-state index is -0.324. The average Bonchev–Trinajstić information content (AvgIpc) is 2.94. The second-order valence-corrected chi connectivity index (χ2v) is 9.97. The van der Waals surface area contributed by atoms with Crippen LogP contribution in [0.5, 0.6) is 0 Å². The van der Waals surface area contributed by atoms with Gasteiger partial charge in [0.25, 0.3) is 0 Å². The van der Waals surface area contributed by atoms with E-state index in [4.69, 9.17) is 14.0 Å². The van der Waals surface area contributed by atoms with Crippen LogP contribution in [0.25, 0.3) is 0 Å². The quantitative estimate of drug-likeness (QED) is 0.465. The highest BCUT2D eigenvalue weighted by molar-refractivity contribution is 6.62. The van der Waals surface area contributed by atoms with Crippen LogP contribution >= 0.6 is 0 Å². The van der Waals surface area contributed by atoms with E-state index in [9.17, 15) is 4.79 Å². The number of ether oxygens (including phenoxy) is 1. The Bertz CT molecular complexity index is 740. The van der Waals surface area contributed by atoms with Crippen molar-refractivity contribution >= 4 is 18.6 Å². The molecule has 1 aromatic carbocycles. The molecule has 31 heavy (non-hydrogen) atoms. The van der Waals surface area contributed by atoms with Gasteiger partial charge in [-0.15, -0.1) is 0 Å². The largest absolute Gasteiger partial charge is 0.495 e. The molecule has 2 aliphatic rings. The Balaban J connectivity index is 1.61. The zero-order chi connectivity index (χ0) is 22.6. The van der Waals surface area contributed by atoms with E-state index >= 15 is 0 Å². The predicted octanol–water partition coefficient (Wildman–Crippen LogP) is 3.76. The van der Waals surface area contributed by atoms with Crippen molar-refractivity contribution in [1.29, 1.82) is 0 Å². The second kappa shape index (κ2) is 10.1. The molecule has 2 fully saturated rings. The van der Waals surface area contributed by atoms with Crippen LogP contribution in [0, 0.1) is 5.92 Å². The first-order valence-corrected chi connectivity index (χ1v) is 12.0. The number of esters is 1. The molecule has 0 spiro atoms. The van der Waals surface area contributed by atoms with Crippen molar-refractivity contribution in [1.82, 2.24) is 4.90 Å². The number of likely N-dealkylation sites (tertiary alicyclic amines) is 1. The van der Waals surface area contributed by atoms with Gasteiger partial charge in [0.05, 0.1) is 24.2 Å². The van der Waals surface area contributed by atoms with Gasteiger partial charge in [-0.1, -0.05) is 25.1 Å². The first-order chi connectivity index (χ1) is 14.7. The van der Waals surface area contributed by atoms with Gasteiger partial charge in [0, 0.05) is 6.54 Å². The number of hydrogen-bond acceptors (Lipinski definition) is 5. The van der Waals surface area contributed by atoms with Crippen LogP contribution in [-0.4, -0.2) is 55.4 Å². The van der Waals surface area contributed by atoms with Crippen molar-refractivity contribution in [2.24, 2.45) is 5.92 Å². The summed E-state index contributed by atoms with van der Waals surface area (Å²) in [6, 6.07) is 6.60. The van der Waals surface area contributed by atoms with Crippen LogP contribution in [0.15, 0.2) is 18.2 Å². The maximum absolute atomic E-state index is 11.6. The molecular formula is C25H40BNO4. The molecule has 0 bridgehead atoms. The number of nitrogens with zero attached hydrogens (tertiary/aromatic N) is 1. The predicted molar refractivity (Wildman–Crippen MR) is 126 cm³/mol. The Hall–Kier alpha value is -1.37. The second-order valence-electron chi connectivity index (χ2n) is 9.97. The Labute approximate surface area is 189 Å². The van der Waals surface area contributed by atoms with Gasteiger partial charge in [-0.2, -0.15) is 0 Å².